The smallest absolute Gasteiger partial charge is 0.419 e. The molecule has 1 heterocycles. The molecule has 2 rings (SSSR count). The molecule has 0 saturated heterocycles. The van der Waals surface area contributed by atoms with Gasteiger partial charge in [-0.05, 0) is 59.6 Å². The number of anilines is 1. The molecule has 1 N–H and O–H groups in total. The Morgan fingerprint density at radius 2 is 1.75 bits per heavy atom. The average Bonchev–Trinajstić information content (AvgIpc) is 2.71. The Bertz CT molecular complexity index is 897. The molecule has 176 valence electrons. The van der Waals surface area contributed by atoms with Crippen LogP contribution in [-0.4, -0.2) is 17.5 Å². The van der Waals surface area contributed by atoms with Gasteiger partial charge >= 0.3 is 6.18 Å². The minimum Gasteiger partial charge on any atom is -0.493 e. The van der Waals surface area contributed by atoms with Gasteiger partial charge in [0, 0.05) is 12.6 Å². The topological polar surface area (TPSA) is 51.2 Å². The first-order valence-electron chi connectivity index (χ1n) is 11.1. The van der Waals surface area contributed by atoms with Gasteiger partial charge in [0.25, 0.3) is 0 Å². The summed E-state index contributed by atoms with van der Waals surface area (Å²) in [7, 11) is 0. The summed E-state index contributed by atoms with van der Waals surface area (Å²) in [6, 6.07) is 7.24. The maximum atomic E-state index is 13.7. The minimum absolute atomic E-state index is 0.151. The number of rotatable bonds is 10. The highest BCUT2D eigenvalue weighted by Crippen LogP contribution is 2.39. The van der Waals surface area contributed by atoms with Crippen molar-refractivity contribution in [3.63, 3.8) is 0 Å². The highest BCUT2D eigenvalue weighted by Gasteiger charge is 2.35. The molecule has 1 aromatic heterocycles. The summed E-state index contributed by atoms with van der Waals surface area (Å²) in [5, 5.41) is 2.72. The molecule has 1 aromatic carbocycles. The average molecular weight is 451 g/mol. The van der Waals surface area contributed by atoms with Gasteiger partial charge < -0.3 is 10.1 Å². The van der Waals surface area contributed by atoms with Crippen molar-refractivity contribution in [3.8, 4) is 16.9 Å². The molecule has 2 atom stereocenters. The molecule has 0 saturated carbocycles. The Balaban J connectivity index is 2.24. The number of carbonyl (C=O) groups is 1. The first-order valence-corrected chi connectivity index (χ1v) is 11.1. The number of hydrogen-bond donors (Lipinski definition) is 1. The number of hydrogen-bond acceptors (Lipinski definition) is 3. The third-order valence-corrected chi connectivity index (χ3v) is 5.27. The molecule has 2 aromatic rings. The molecule has 32 heavy (non-hydrogen) atoms. The zero-order valence-electron chi connectivity index (χ0n) is 19.4. The van der Waals surface area contributed by atoms with Gasteiger partial charge in [-0.1, -0.05) is 47.1 Å². The molecular weight excluding hydrogens is 417 g/mol. The lowest BCUT2D eigenvalue weighted by molar-refractivity contribution is -0.139. The number of carbonyl (C=O) groups excluding carboxylic acids is 1. The molecule has 0 fully saturated rings. The minimum atomic E-state index is -4.55. The van der Waals surface area contributed by atoms with E-state index in [2.05, 4.69) is 24.1 Å². The van der Waals surface area contributed by atoms with Crippen LogP contribution >= 0.6 is 0 Å². The van der Waals surface area contributed by atoms with Crippen LogP contribution in [0.4, 0.5) is 19.0 Å². The van der Waals surface area contributed by atoms with E-state index < -0.39 is 11.7 Å². The van der Waals surface area contributed by atoms with Crippen LogP contribution in [0.25, 0.3) is 11.1 Å². The molecule has 0 aliphatic rings. The van der Waals surface area contributed by atoms with E-state index in [0.717, 1.165) is 18.9 Å². The van der Waals surface area contributed by atoms with Gasteiger partial charge in [-0.15, -0.1) is 0 Å². The van der Waals surface area contributed by atoms with Gasteiger partial charge in [-0.2, -0.15) is 13.2 Å². The Hall–Kier alpha value is -2.57. The zero-order valence-corrected chi connectivity index (χ0v) is 19.4. The van der Waals surface area contributed by atoms with Crippen molar-refractivity contribution in [2.45, 2.75) is 60.1 Å². The van der Waals surface area contributed by atoms with E-state index >= 15 is 0 Å². The van der Waals surface area contributed by atoms with Gasteiger partial charge in [-0.25, -0.2) is 4.98 Å². The van der Waals surface area contributed by atoms with Gasteiger partial charge in [0.05, 0.1) is 12.2 Å². The second-order valence-electron chi connectivity index (χ2n) is 8.95. The molecule has 4 nitrogen and oxygen atoms in total. The molecule has 0 bridgehead atoms. The predicted octanol–water partition coefficient (Wildman–Crippen LogP) is 7.20. The van der Waals surface area contributed by atoms with Crippen molar-refractivity contribution in [2.75, 3.05) is 11.9 Å². The maximum absolute atomic E-state index is 13.7. The maximum Gasteiger partial charge on any atom is 0.419 e. The standard InChI is InChI=1S/C25H33F3N2O2/c1-6-17(4)12-24(31)30-23-14-20(9-10-29-23)19-7-8-22(21(13-19)25(26,27)28)32-15-18(5)11-16(2)3/h7-10,13-14,16-18H,6,11-12,15H2,1-5H3,(H,29,30,31). The molecule has 7 heteroatoms. The summed E-state index contributed by atoms with van der Waals surface area (Å²) in [4.78, 5) is 16.3. The molecule has 0 aliphatic heterocycles. The monoisotopic (exact) mass is 450 g/mol. The van der Waals surface area contributed by atoms with Crippen molar-refractivity contribution in [1.29, 1.82) is 0 Å². The highest BCUT2D eigenvalue weighted by molar-refractivity contribution is 5.90. The van der Waals surface area contributed by atoms with E-state index in [-0.39, 0.29) is 30.1 Å². The van der Waals surface area contributed by atoms with E-state index in [1.807, 2.05) is 20.8 Å². The number of ether oxygens (including phenoxy) is 1. The second kappa shape index (κ2) is 11.3. The SMILES string of the molecule is CCC(C)CC(=O)Nc1cc(-c2ccc(OCC(C)CC(C)C)c(C(F)(F)F)c2)ccn1. The summed E-state index contributed by atoms with van der Waals surface area (Å²) in [6.45, 7) is 10.3. The molecule has 2 unspecified atom stereocenters. The second-order valence-corrected chi connectivity index (χ2v) is 8.95. The summed E-state index contributed by atoms with van der Waals surface area (Å²) < 4.78 is 46.8. The highest BCUT2D eigenvalue weighted by atomic mass is 19.4. The summed E-state index contributed by atoms with van der Waals surface area (Å²) in [5.74, 6) is 0.810. The van der Waals surface area contributed by atoms with Crippen LogP contribution in [0.2, 0.25) is 0 Å². The quantitative estimate of drug-likeness (QED) is 0.416. The third-order valence-electron chi connectivity index (χ3n) is 5.27. The number of nitrogens with one attached hydrogen (secondary N) is 1. The van der Waals surface area contributed by atoms with Crippen LogP contribution < -0.4 is 10.1 Å². The fourth-order valence-corrected chi connectivity index (χ4v) is 3.49. The lowest BCUT2D eigenvalue weighted by Gasteiger charge is -2.19. The van der Waals surface area contributed by atoms with Gasteiger partial charge in [0.1, 0.15) is 11.6 Å². The number of alkyl halides is 3. The Morgan fingerprint density at radius 1 is 1.06 bits per heavy atom. The Kier molecular flexibility index (Phi) is 9.10. The van der Waals surface area contributed by atoms with Crippen molar-refractivity contribution < 1.29 is 22.7 Å². The largest absolute Gasteiger partial charge is 0.493 e. The molecule has 0 spiro atoms. The molecule has 0 aliphatic carbocycles. The number of pyridine rings is 1. The van der Waals surface area contributed by atoms with Crippen LogP contribution in [0.1, 0.15) is 59.4 Å². The summed E-state index contributed by atoms with van der Waals surface area (Å²) >= 11 is 0. The molecule has 1 amide bonds. The molecule has 0 radical (unpaired) electrons. The van der Waals surface area contributed by atoms with Gasteiger partial charge in [-0.3, -0.25) is 4.79 Å². The first-order chi connectivity index (χ1) is 15.0. The van der Waals surface area contributed by atoms with Crippen LogP contribution in [0, 0.1) is 17.8 Å². The van der Waals surface area contributed by atoms with Crippen LogP contribution in [0.15, 0.2) is 36.5 Å². The normalized spacial score (nSPS) is 13.7. The van der Waals surface area contributed by atoms with Crippen molar-refractivity contribution in [1.82, 2.24) is 4.98 Å². The predicted molar refractivity (Wildman–Crippen MR) is 121 cm³/mol. The Labute approximate surface area is 188 Å². The summed E-state index contributed by atoms with van der Waals surface area (Å²) in [5.41, 5.74) is 0.0923. The van der Waals surface area contributed by atoms with Crippen LogP contribution in [0.5, 0.6) is 5.75 Å². The van der Waals surface area contributed by atoms with Gasteiger partial charge in [0.15, 0.2) is 0 Å². The van der Waals surface area contributed by atoms with Gasteiger partial charge in [0.2, 0.25) is 5.91 Å². The fraction of sp³-hybridized carbons (Fsp3) is 0.520. The fourth-order valence-electron chi connectivity index (χ4n) is 3.49. The van der Waals surface area contributed by atoms with E-state index in [1.54, 1.807) is 18.2 Å². The van der Waals surface area contributed by atoms with Crippen LogP contribution in [-0.2, 0) is 11.0 Å². The lowest BCUT2D eigenvalue weighted by Crippen LogP contribution is -2.15. The number of benzene rings is 1. The van der Waals surface area contributed by atoms with E-state index in [0.29, 0.717) is 29.3 Å². The number of halogens is 3. The number of amides is 1. The van der Waals surface area contributed by atoms with Crippen molar-refractivity contribution >= 4 is 11.7 Å². The number of aromatic nitrogens is 1. The van der Waals surface area contributed by atoms with E-state index in [9.17, 15) is 18.0 Å². The number of nitrogens with zero attached hydrogens (tertiary/aromatic N) is 1. The van der Waals surface area contributed by atoms with E-state index in [1.165, 1.54) is 12.3 Å². The third kappa shape index (κ3) is 7.84. The van der Waals surface area contributed by atoms with Crippen LogP contribution in [0.3, 0.4) is 0 Å². The van der Waals surface area contributed by atoms with E-state index in [4.69, 9.17) is 4.74 Å². The van der Waals surface area contributed by atoms with Crippen molar-refractivity contribution in [2.24, 2.45) is 17.8 Å². The van der Waals surface area contributed by atoms with Crippen molar-refractivity contribution in [3.05, 3.63) is 42.1 Å². The summed E-state index contributed by atoms with van der Waals surface area (Å²) in [6.07, 6.45) is -0.956. The molecular formula is C25H33F3N2O2. The zero-order chi connectivity index (χ0) is 23.9. The first kappa shape index (κ1) is 25.7. The Morgan fingerprint density at radius 3 is 2.38 bits per heavy atom. The lowest BCUT2D eigenvalue weighted by atomic mass is 9.99.